The van der Waals surface area contributed by atoms with Crippen LogP contribution in [-0.4, -0.2) is 45.7 Å². The highest BCUT2D eigenvalue weighted by atomic mass is 16.3. The SMILES string of the molecule is O=C1CC(O)(CCO)C(=O)C=C1CCO. The summed E-state index contributed by atoms with van der Waals surface area (Å²) in [6, 6.07) is 0. The summed E-state index contributed by atoms with van der Waals surface area (Å²) in [4.78, 5) is 22.9. The molecule has 3 N–H and O–H groups in total. The first kappa shape index (κ1) is 12.0. The van der Waals surface area contributed by atoms with Crippen LogP contribution in [0.3, 0.4) is 0 Å². The Morgan fingerprint density at radius 3 is 2.47 bits per heavy atom. The van der Waals surface area contributed by atoms with Gasteiger partial charge in [-0.3, -0.25) is 9.59 Å². The van der Waals surface area contributed by atoms with E-state index < -0.39 is 11.4 Å². The van der Waals surface area contributed by atoms with Crippen molar-refractivity contribution in [3.63, 3.8) is 0 Å². The molecule has 0 bridgehead atoms. The van der Waals surface area contributed by atoms with Crippen molar-refractivity contribution in [2.45, 2.75) is 24.9 Å². The molecule has 1 unspecified atom stereocenters. The number of rotatable bonds is 4. The zero-order valence-corrected chi connectivity index (χ0v) is 8.27. The molecular formula is C10H14O5. The van der Waals surface area contributed by atoms with E-state index in [-0.39, 0.29) is 43.8 Å². The summed E-state index contributed by atoms with van der Waals surface area (Å²) in [6.07, 6.45) is 0.746. The van der Waals surface area contributed by atoms with Crippen molar-refractivity contribution in [1.29, 1.82) is 0 Å². The van der Waals surface area contributed by atoms with Crippen molar-refractivity contribution in [2.24, 2.45) is 0 Å². The zero-order valence-electron chi connectivity index (χ0n) is 8.27. The van der Waals surface area contributed by atoms with Gasteiger partial charge in [-0.2, -0.15) is 0 Å². The van der Waals surface area contributed by atoms with Gasteiger partial charge in [0.2, 0.25) is 0 Å². The van der Waals surface area contributed by atoms with E-state index in [2.05, 4.69) is 0 Å². The summed E-state index contributed by atoms with van der Waals surface area (Å²) < 4.78 is 0. The number of aliphatic hydroxyl groups is 3. The van der Waals surface area contributed by atoms with Gasteiger partial charge in [0.05, 0.1) is 0 Å². The summed E-state index contributed by atoms with van der Waals surface area (Å²) >= 11 is 0. The molecule has 0 fully saturated rings. The lowest BCUT2D eigenvalue weighted by atomic mass is 9.81. The average Bonchev–Trinajstić information content (AvgIpc) is 2.15. The van der Waals surface area contributed by atoms with Crippen LogP contribution in [0.5, 0.6) is 0 Å². The van der Waals surface area contributed by atoms with Crippen molar-refractivity contribution in [1.82, 2.24) is 0 Å². The van der Waals surface area contributed by atoms with Gasteiger partial charge in [0.1, 0.15) is 5.60 Å². The minimum absolute atomic E-state index is 0.125. The quantitative estimate of drug-likeness (QED) is 0.555. The van der Waals surface area contributed by atoms with Crippen molar-refractivity contribution in [3.8, 4) is 0 Å². The van der Waals surface area contributed by atoms with Crippen LogP contribution in [0.4, 0.5) is 0 Å². The highest BCUT2D eigenvalue weighted by Crippen LogP contribution is 2.26. The Morgan fingerprint density at radius 1 is 1.27 bits per heavy atom. The Labute approximate surface area is 87.0 Å². The molecule has 1 aliphatic rings. The Kier molecular flexibility index (Phi) is 3.73. The normalized spacial score (nSPS) is 26.7. The van der Waals surface area contributed by atoms with E-state index >= 15 is 0 Å². The molecule has 0 spiro atoms. The van der Waals surface area contributed by atoms with E-state index in [1.165, 1.54) is 0 Å². The molecule has 0 aromatic carbocycles. The van der Waals surface area contributed by atoms with Crippen LogP contribution < -0.4 is 0 Å². The largest absolute Gasteiger partial charge is 0.396 e. The summed E-state index contributed by atoms with van der Waals surface area (Å²) in [5.41, 5.74) is -1.52. The molecule has 1 aliphatic carbocycles. The van der Waals surface area contributed by atoms with Crippen LogP contribution in [0.25, 0.3) is 0 Å². The van der Waals surface area contributed by atoms with Crippen LogP contribution in [-0.2, 0) is 9.59 Å². The molecule has 0 saturated heterocycles. The molecule has 5 nitrogen and oxygen atoms in total. The van der Waals surface area contributed by atoms with Crippen LogP contribution in [0.1, 0.15) is 19.3 Å². The summed E-state index contributed by atoms with van der Waals surface area (Å²) in [7, 11) is 0. The maximum atomic E-state index is 11.5. The lowest BCUT2D eigenvalue weighted by Crippen LogP contribution is -2.44. The molecule has 0 aliphatic heterocycles. The fourth-order valence-corrected chi connectivity index (χ4v) is 1.57. The van der Waals surface area contributed by atoms with Crippen molar-refractivity contribution >= 4 is 11.6 Å². The van der Waals surface area contributed by atoms with Gasteiger partial charge in [-0.15, -0.1) is 0 Å². The Hall–Kier alpha value is -1.04. The van der Waals surface area contributed by atoms with E-state index in [0.717, 1.165) is 6.08 Å². The van der Waals surface area contributed by atoms with Crippen LogP contribution in [0.2, 0.25) is 0 Å². The van der Waals surface area contributed by atoms with Gasteiger partial charge >= 0.3 is 0 Å². The monoisotopic (exact) mass is 214 g/mol. The highest BCUT2D eigenvalue weighted by Gasteiger charge is 2.40. The van der Waals surface area contributed by atoms with Gasteiger partial charge in [-0.1, -0.05) is 0 Å². The van der Waals surface area contributed by atoms with E-state index in [4.69, 9.17) is 10.2 Å². The molecule has 0 amide bonds. The lowest BCUT2D eigenvalue weighted by Gasteiger charge is -2.28. The maximum absolute atomic E-state index is 11.5. The third kappa shape index (κ3) is 2.50. The molecule has 0 heterocycles. The first-order valence-corrected chi connectivity index (χ1v) is 4.76. The Balaban J connectivity index is 2.88. The number of Topliss-reactive ketones (excluding diaryl/α,β-unsaturated/α-hetero) is 1. The molecule has 5 heteroatoms. The molecule has 84 valence electrons. The second-order valence-corrected chi connectivity index (χ2v) is 3.61. The van der Waals surface area contributed by atoms with Crippen LogP contribution >= 0.6 is 0 Å². The predicted molar refractivity (Wildman–Crippen MR) is 51.1 cm³/mol. The number of ketones is 2. The molecule has 0 aromatic rings. The van der Waals surface area contributed by atoms with Crippen molar-refractivity contribution in [2.75, 3.05) is 13.2 Å². The van der Waals surface area contributed by atoms with Gasteiger partial charge in [-0.25, -0.2) is 0 Å². The Morgan fingerprint density at radius 2 is 1.93 bits per heavy atom. The number of hydrogen-bond acceptors (Lipinski definition) is 5. The lowest BCUT2D eigenvalue weighted by molar-refractivity contribution is -0.141. The fraction of sp³-hybridized carbons (Fsp3) is 0.600. The fourth-order valence-electron chi connectivity index (χ4n) is 1.57. The first-order chi connectivity index (χ1) is 7.03. The number of hydrogen-bond donors (Lipinski definition) is 3. The number of carbonyl (C=O) groups is 2. The molecule has 15 heavy (non-hydrogen) atoms. The minimum atomic E-state index is -1.76. The highest BCUT2D eigenvalue weighted by molar-refractivity contribution is 6.12. The third-order valence-electron chi connectivity index (χ3n) is 2.48. The predicted octanol–water partition coefficient (Wildman–Crippen LogP) is -1.05. The molecular weight excluding hydrogens is 200 g/mol. The maximum Gasteiger partial charge on any atom is 0.188 e. The minimum Gasteiger partial charge on any atom is -0.396 e. The smallest absolute Gasteiger partial charge is 0.188 e. The van der Waals surface area contributed by atoms with Gasteiger partial charge in [0, 0.05) is 31.6 Å². The van der Waals surface area contributed by atoms with E-state index in [1.54, 1.807) is 0 Å². The topological polar surface area (TPSA) is 94.8 Å². The molecule has 1 atom stereocenters. The van der Waals surface area contributed by atoms with Gasteiger partial charge in [0.15, 0.2) is 11.6 Å². The van der Waals surface area contributed by atoms with Gasteiger partial charge in [0.25, 0.3) is 0 Å². The van der Waals surface area contributed by atoms with E-state index in [0.29, 0.717) is 0 Å². The van der Waals surface area contributed by atoms with Crippen LogP contribution in [0, 0.1) is 0 Å². The summed E-state index contributed by atoms with van der Waals surface area (Å²) in [5, 5.41) is 27.1. The van der Waals surface area contributed by atoms with Crippen LogP contribution in [0.15, 0.2) is 11.6 Å². The molecule has 0 saturated carbocycles. The first-order valence-electron chi connectivity index (χ1n) is 4.76. The Bertz CT molecular complexity index is 307. The van der Waals surface area contributed by atoms with E-state index in [1.807, 2.05) is 0 Å². The average molecular weight is 214 g/mol. The van der Waals surface area contributed by atoms with E-state index in [9.17, 15) is 14.7 Å². The zero-order chi connectivity index (χ0) is 11.5. The summed E-state index contributed by atoms with van der Waals surface area (Å²) in [6.45, 7) is -0.554. The van der Waals surface area contributed by atoms with Crippen molar-refractivity contribution < 1.29 is 24.9 Å². The summed E-state index contributed by atoms with van der Waals surface area (Å²) in [5.74, 6) is -0.917. The molecule has 0 radical (unpaired) electrons. The number of aliphatic hydroxyl groups excluding tert-OH is 2. The van der Waals surface area contributed by atoms with Crippen molar-refractivity contribution in [3.05, 3.63) is 11.6 Å². The van der Waals surface area contributed by atoms with Gasteiger partial charge < -0.3 is 15.3 Å². The van der Waals surface area contributed by atoms with Gasteiger partial charge in [-0.05, 0) is 12.5 Å². The number of carbonyl (C=O) groups excluding carboxylic acids is 2. The second-order valence-electron chi connectivity index (χ2n) is 3.61. The molecule has 1 rings (SSSR count). The third-order valence-corrected chi connectivity index (χ3v) is 2.48. The molecule has 0 aromatic heterocycles. The second kappa shape index (κ2) is 4.65. The standard InChI is InChI=1S/C10H14O5/c11-3-1-7-5-9(14)10(15,2-4-12)6-8(7)13/h5,11-12,15H,1-4,6H2.